The zero-order valence-electron chi connectivity index (χ0n) is 10.6. The van der Waals surface area contributed by atoms with Gasteiger partial charge in [0.25, 0.3) is 0 Å². The molecule has 0 fully saturated rings. The normalized spacial score (nSPS) is 11.8. The Morgan fingerprint density at radius 2 is 2.21 bits per heavy atom. The summed E-state index contributed by atoms with van der Waals surface area (Å²) in [7, 11) is -3.46. The van der Waals surface area contributed by atoms with E-state index in [2.05, 4.69) is 15.6 Å². The molecule has 0 bridgehead atoms. The van der Waals surface area contributed by atoms with E-state index < -0.39 is 10.0 Å². The van der Waals surface area contributed by atoms with Crippen molar-refractivity contribution in [3.05, 3.63) is 24.2 Å². The Bertz CT molecular complexity index is 473. The van der Waals surface area contributed by atoms with Crippen LogP contribution in [-0.2, 0) is 16.6 Å². The van der Waals surface area contributed by atoms with E-state index in [4.69, 9.17) is 9.56 Å². The van der Waals surface area contributed by atoms with Crippen LogP contribution in [0.4, 0.5) is 0 Å². The van der Waals surface area contributed by atoms with E-state index >= 15 is 0 Å². The van der Waals surface area contributed by atoms with Crippen LogP contribution in [-0.4, -0.2) is 33.2 Å². The third kappa shape index (κ3) is 8.83. The van der Waals surface area contributed by atoms with Crippen LogP contribution in [0.3, 0.4) is 0 Å². The van der Waals surface area contributed by atoms with Gasteiger partial charge in [0.2, 0.25) is 10.0 Å². The Hall–Kier alpha value is -0.810. The summed E-state index contributed by atoms with van der Waals surface area (Å²) in [6.07, 6.45) is 1.58. The van der Waals surface area contributed by atoms with Crippen molar-refractivity contribution in [1.82, 2.24) is 10.6 Å². The summed E-state index contributed by atoms with van der Waals surface area (Å²) in [4.78, 5) is 4.24. The summed E-state index contributed by atoms with van der Waals surface area (Å²) in [5, 5.41) is 10.8. The molecule has 110 valence electrons. The Labute approximate surface area is 130 Å². The van der Waals surface area contributed by atoms with Crippen LogP contribution in [0, 0.1) is 0 Å². The Balaban J connectivity index is 0.00000324. The average Bonchev–Trinajstić information content (AvgIpc) is 2.77. The van der Waals surface area contributed by atoms with Crippen molar-refractivity contribution in [3.63, 3.8) is 0 Å². The lowest BCUT2D eigenvalue weighted by molar-refractivity contribution is 0.512. The van der Waals surface area contributed by atoms with Gasteiger partial charge in [-0.1, -0.05) is 0 Å². The van der Waals surface area contributed by atoms with Gasteiger partial charge in [-0.3, -0.25) is 0 Å². The molecular formula is C10H19IN4O3S. The van der Waals surface area contributed by atoms with Crippen molar-refractivity contribution in [3.8, 4) is 0 Å². The number of sulfonamides is 1. The first kappa shape index (κ1) is 18.2. The molecule has 1 heterocycles. The number of nitrogens with one attached hydrogen (secondary N) is 2. The first-order chi connectivity index (χ1) is 8.51. The summed E-state index contributed by atoms with van der Waals surface area (Å²) < 4.78 is 26.7. The lowest BCUT2D eigenvalue weighted by Crippen LogP contribution is -2.40. The molecule has 9 heteroatoms. The summed E-state index contributed by atoms with van der Waals surface area (Å²) in [5.41, 5.74) is 0. The third-order valence-electron chi connectivity index (χ3n) is 2.00. The fraction of sp³-hybridized carbons (Fsp3) is 0.500. The molecule has 0 aliphatic heterocycles. The van der Waals surface area contributed by atoms with Crippen molar-refractivity contribution < 1.29 is 12.8 Å². The van der Waals surface area contributed by atoms with Crippen LogP contribution in [0.15, 0.2) is 27.8 Å². The largest absolute Gasteiger partial charge is 0.467 e. The fourth-order valence-electron chi connectivity index (χ4n) is 1.21. The van der Waals surface area contributed by atoms with Crippen molar-refractivity contribution in [2.75, 3.05) is 18.8 Å². The quantitative estimate of drug-likeness (QED) is 0.359. The highest BCUT2D eigenvalue weighted by Crippen LogP contribution is 2.00. The van der Waals surface area contributed by atoms with E-state index in [-0.39, 0.29) is 36.3 Å². The van der Waals surface area contributed by atoms with Gasteiger partial charge in [-0.05, 0) is 19.1 Å². The highest BCUT2D eigenvalue weighted by atomic mass is 127. The Kier molecular flexibility index (Phi) is 8.76. The number of rotatable bonds is 6. The lowest BCUT2D eigenvalue weighted by Gasteiger charge is -2.10. The van der Waals surface area contributed by atoms with Gasteiger partial charge >= 0.3 is 0 Å². The van der Waals surface area contributed by atoms with Crippen molar-refractivity contribution >= 4 is 40.0 Å². The van der Waals surface area contributed by atoms with Gasteiger partial charge in [-0.25, -0.2) is 18.5 Å². The molecule has 0 aromatic carbocycles. The van der Waals surface area contributed by atoms with E-state index in [1.165, 1.54) is 0 Å². The number of halogens is 1. The van der Waals surface area contributed by atoms with E-state index in [0.717, 1.165) is 5.76 Å². The first-order valence-electron chi connectivity index (χ1n) is 5.56. The van der Waals surface area contributed by atoms with Gasteiger partial charge in [-0.15, -0.1) is 24.0 Å². The van der Waals surface area contributed by atoms with Crippen LogP contribution >= 0.6 is 24.0 Å². The summed E-state index contributed by atoms with van der Waals surface area (Å²) in [6, 6.07) is 3.60. The van der Waals surface area contributed by atoms with Gasteiger partial charge in [0.15, 0.2) is 5.96 Å². The molecule has 0 atom stereocenters. The predicted molar refractivity (Wildman–Crippen MR) is 84.9 cm³/mol. The number of hydrogen-bond acceptors (Lipinski definition) is 4. The van der Waals surface area contributed by atoms with Gasteiger partial charge in [0.05, 0.1) is 12.0 Å². The molecule has 0 saturated carbocycles. The van der Waals surface area contributed by atoms with Gasteiger partial charge in [-0.2, -0.15) is 0 Å². The highest BCUT2D eigenvalue weighted by Gasteiger charge is 2.03. The SMILES string of the molecule is CCNC(=NCc1ccco1)NCCS(N)(=O)=O.I. The number of guanidine groups is 1. The van der Waals surface area contributed by atoms with Gasteiger partial charge in [0.1, 0.15) is 12.3 Å². The number of aliphatic imine (C=N–C) groups is 1. The maximum Gasteiger partial charge on any atom is 0.210 e. The maximum atomic E-state index is 10.8. The lowest BCUT2D eigenvalue weighted by atomic mass is 10.4. The van der Waals surface area contributed by atoms with Crippen LogP contribution < -0.4 is 15.8 Å². The molecule has 1 aromatic heterocycles. The monoisotopic (exact) mass is 402 g/mol. The molecule has 4 N–H and O–H groups in total. The summed E-state index contributed by atoms with van der Waals surface area (Å²) in [6.45, 7) is 3.20. The van der Waals surface area contributed by atoms with Gasteiger partial charge in [0, 0.05) is 13.1 Å². The molecule has 0 unspecified atom stereocenters. The Morgan fingerprint density at radius 1 is 1.47 bits per heavy atom. The smallest absolute Gasteiger partial charge is 0.210 e. The second kappa shape index (κ2) is 9.15. The topological polar surface area (TPSA) is 110 Å². The standard InChI is InChI=1S/C10H18N4O3S.HI/c1-2-12-10(13-5-7-18(11,15)16)14-8-9-4-3-6-17-9;/h3-4,6H,2,5,7-8H2,1H3,(H2,11,15,16)(H2,12,13,14);1H. The number of nitrogens with two attached hydrogens (primary N) is 1. The van der Waals surface area contributed by atoms with Crippen molar-refractivity contribution in [1.29, 1.82) is 0 Å². The zero-order valence-corrected chi connectivity index (χ0v) is 13.8. The average molecular weight is 402 g/mol. The highest BCUT2D eigenvalue weighted by molar-refractivity contribution is 14.0. The molecule has 0 spiro atoms. The molecular weight excluding hydrogens is 383 g/mol. The molecule has 0 radical (unpaired) electrons. The number of primary sulfonamides is 1. The third-order valence-corrected chi connectivity index (χ3v) is 2.77. The van der Waals surface area contributed by atoms with E-state index in [0.29, 0.717) is 19.0 Å². The van der Waals surface area contributed by atoms with Crippen molar-refractivity contribution in [2.24, 2.45) is 10.1 Å². The minimum Gasteiger partial charge on any atom is -0.467 e. The van der Waals surface area contributed by atoms with E-state index in [1.807, 2.05) is 13.0 Å². The number of furan rings is 1. The molecule has 0 amide bonds. The molecule has 19 heavy (non-hydrogen) atoms. The first-order valence-corrected chi connectivity index (χ1v) is 7.28. The molecule has 7 nitrogen and oxygen atoms in total. The van der Waals surface area contributed by atoms with Gasteiger partial charge < -0.3 is 15.1 Å². The molecule has 0 saturated heterocycles. The second-order valence-electron chi connectivity index (χ2n) is 3.57. The minimum atomic E-state index is -3.46. The maximum absolute atomic E-state index is 10.8. The van der Waals surface area contributed by atoms with Crippen LogP contribution in [0.5, 0.6) is 0 Å². The molecule has 0 aliphatic rings. The Morgan fingerprint density at radius 3 is 2.74 bits per heavy atom. The molecule has 1 aromatic rings. The summed E-state index contributed by atoms with van der Waals surface area (Å²) in [5.74, 6) is 1.12. The molecule has 1 rings (SSSR count). The van der Waals surface area contributed by atoms with Crippen LogP contribution in [0.1, 0.15) is 12.7 Å². The van der Waals surface area contributed by atoms with E-state index in [9.17, 15) is 8.42 Å². The number of nitrogens with zero attached hydrogens (tertiary/aromatic N) is 1. The molecule has 0 aliphatic carbocycles. The predicted octanol–water partition coefficient (Wildman–Crippen LogP) is 0.241. The second-order valence-corrected chi connectivity index (χ2v) is 5.30. The fourth-order valence-corrected chi connectivity index (χ4v) is 1.60. The number of hydrogen-bond donors (Lipinski definition) is 3. The van der Waals surface area contributed by atoms with Crippen LogP contribution in [0.25, 0.3) is 0 Å². The minimum absolute atomic E-state index is 0. The van der Waals surface area contributed by atoms with Crippen LogP contribution in [0.2, 0.25) is 0 Å². The van der Waals surface area contributed by atoms with Crippen molar-refractivity contribution in [2.45, 2.75) is 13.5 Å². The van der Waals surface area contributed by atoms with E-state index in [1.54, 1.807) is 12.3 Å². The zero-order chi connectivity index (χ0) is 13.4. The summed E-state index contributed by atoms with van der Waals surface area (Å²) >= 11 is 0.